The zero-order chi connectivity index (χ0) is 96.4. The number of methoxy groups -OCH3 is 1. The molecule has 36 nitrogen and oxygen atoms in total. The molecule has 0 spiro atoms. The largest absolute Gasteiger partial charge is 0.380 e. The van der Waals surface area contributed by atoms with Crippen LogP contribution in [0.25, 0.3) is 67.6 Å². The number of anilines is 4. The summed E-state index contributed by atoms with van der Waals surface area (Å²) in [5.41, 5.74) is 14.3. The zero-order valence-corrected chi connectivity index (χ0v) is 83.2. The molecular weight excluding hydrogens is 1980 g/mol. The van der Waals surface area contributed by atoms with Gasteiger partial charge in [0.25, 0.3) is 0 Å². The second-order valence-corrected chi connectivity index (χ2v) is 44.0. The molecule has 720 valence electrons. The molecule has 0 radical (unpaired) electrons. The summed E-state index contributed by atoms with van der Waals surface area (Å²) >= 11 is 44.0. The van der Waals surface area contributed by atoms with Crippen molar-refractivity contribution < 1.29 is 62.3 Å². The van der Waals surface area contributed by atoms with Gasteiger partial charge in [-0.05, 0) is 115 Å². The van der Waals surface area contributed by atoms with Crippen LogP contribution in [-0.4, -0.2) is 295 Å². The van der Waals surface area contributed by atoms with Gasteiger partial charge in [0.2, 0.25) is 57.8 Å². The van der Waals surface area contributed by atoms with Gasteiger partial charge in [-0.3, -0.25) is 70.1 Å². The van der Waals surface area contributed by atoms with E-state index in [-0.39, 0.29) is 36.2 Å². The number of imidazole rings is 4. The van der Waals surface area contributed by atoms with Crippen LogP contribution in [0.15, 0.2) is 159 Å². The lowest BCUT2D eigenvalue weighted by molar-refractivity contribution is -0.152. The molecule has 3 N–H and O–H groups in total. The van der Waals surface area contributed by atoms with E-state index < -0.39 is 40.1 Å². The van der Waals surface area contributed by atoms with Crippen molar-refractivity contribution in [2.75, 3.05) is 176 Å². The minimum absolute atomic E-state index is 0.0141. The van der Waals surface area contributed by atoms with Gasteiger partial charge in [0, 0.05) is 193 Å². The number of carbonyl (C=O) groups excluding carboxylic acids is 3. The fourth-order valence-corrected chi connectivity index (χ4v) is 20.4. The molecule has 0 atom stereocenters. The number of fused-ring (bicyclic) bond motifs is 5. The summed E-state index contributed by atoms with van der Waals surface area (Å²) in [5, 5.41) is 7.92. The van der Waals surface area contributed by atoms with Gasteiger partial charge in [-0.15, -0.1) is 0 Å². The maximum Gasteiger partial charge on any atom is 0.248 e. The van der Waals surface area contributed by atoms with Crippen LogP contribution in [0, 0.1) is 11.8 Å². The second-order valence-electron chi connectivity index (χ2n) is 33.8. The van der Waals surface area contributed by atoms with E-state index >= 15 is 0 Å². The van der Waals surface area contributed by atoms with Gasteiger partial charge < -0.3 is 28.9 Å². The van der Waals surface area contributed by atoms with Crippen LogP contribution in [0.2, 0.25) is 35.2 Å². The van der Waals surface area contributed by atoms with Crippen molar-refractivity contribution in [1.29, 1.82) is 0 Å². The first-order chi connectivity index (χ1) is 64.8. The van der Waals surface area contributed by atoms with Crippen LogP contribution in [0.4, 0.5) is 22.7 Å². The van der Waals surface area contributed by atoms with Gasteiger partial charge in [0.1, 0.15) is 41.3 Å². The molecule has 13 aromatic rings. The summed E-state index contributed by atoms with van der Waals surface area (Å²) in [7, 11) is -10.7. The van der Waals surface area contributed by atoms with Crippen LogP contribution in [0.3, 0.4) is 0 Å². The molecule has 5 fully saturated rings. The van der Waals surface area contributed by atoms with Gasteiger partial charge in [0.15, 0.2) is 0 Å². The van der Waals surface area contributed by atoms with Crippen LogP contribution >= 0.6 is 81.2 Å². The highest BCUT2D eigenvalue weighted by molar-refractivity contribution is 7.92. The van der Waals surface area contributed by atoms with E-state index in [9.17, 15) is 48.1 Å². The van der Waals surface area contributed by atoms with Crippen molar-refractivity contribution >= 4 is 184 Å². The first kappa shape index (κ1) is 99.0. The third kappa shape index (κ3) is 23.9. The highest BCUT2D eigenvalue weighted by Crippen LogP contribution is 2.40. The smallest absolute Gasteiger partial charge is 0.248 e. The number of hydrogen-bond donors (Lipinski definition) is 3. The lowest BCUT2D eigenvalue weighted by atomic mass is 10.1. The van der Waals surface area contributed by atoms with E-state index in [0.717, 1.165) is 94.1 Å². The first-order valence-electron chi connectivity index (χ1n) is 43.1. The number of nitrogens with zero attached hydrogens (tertiary/aromatic N) is 19. The number of halogens is 7. The van der Waals surface area contributed by atoms with Crippen LogP contribution in [0.1, 0.15) is 28.6 Å². The summed E-state index contributed by atoms with van der Waals surface area (Å²) < 4.78 is 128. The number of nitrogens with one attached hydrogen (secondary N) is 3. The van der Waals surface area contributed by atoms with Crippen molar-refractivity contribution in [2.45, 2.75) is 39.3 Å². The minimum Gasteiger partial charge on any atom is -0.380 e. The molecule has 6 aliphatic rings. The molecule has 5 saturated heterocycles. The molecule has 0 bridgehead atoms. The third-order valence-corrected chi connectivity index (χ3v) is 28.7. The summed E-state index contributed by atoms with van der Waals surface area (Å²) in [4.78, 5) is 75.6. The Kier molecular flexibility index (Phi) is 30.5. The quantitative estimate of drug-likeness (QED) is 0.0506. The Hall–Kier alpha value is -10.1. The monoisotopic (exact) mass is 2070 g/mol. The first-order valence-corrected chi connectivity index (χ1v) is 53.3. The van der Waals surface area contributed by atoms with Crippen LogP contribution in [0.5, 0.6) is 0 Å². The second kappa shape index (κ2) is 41.9. The number of sulfonamides is 4. The number of hydrogen-bond acceptors (Lipinski definition) is 24. The average molecular weight is 2080 g/mol. The van der Waals surface area contributed by atoms with E-state index in [1.807, 2.05) is 80.6 Å². The molecule has 47 heteroatoms. The predicted octanol–water partition coefficient (Wildman–Crippen LogP) is 11.6. The van der Waals surface area contributed by atoms with E-state index in [2.05, 4.69) is 43.8 Å². The van der Waals surface area contributed by atoms with Crippen LogP contribution in [-0.2, 0) is 108 Å². The minimum atomic E-state index is -3.44. The van der Waals surface area contributed by atoms with E-state index in [1.54, 1.807) is 115 Å². The van der Waals surface area contributed by atoms with E-state index in [0.29, 0.717) is 230 Å². The maximum absolute atomic E-state index is 12.6. The third-order valence-electron chi connectivity index (χ3n) is 23.8. The number of ether oxygens (including phenoxy) is 3. The van der Waals surface area contributed by atoms with Crippen molar-refractivity contribution in [1.82, 2.24) is 86.6 Å². The zero-order valence-electron chi connectivity index (χ0n) is 74.6. The van der Waals surface area contributed by atoms with Crippen molar-refractivity contribution in [2.24, 2.45) is 11.8 Å². The Morgan fingerprint density at radius 3 is 1.12 bits per heavy atom. The number of piperazine rings is 3. The predicted molar refractivity (Wildman–Crippen MR) is 526 cm³/mol. The molecule has 6 aliphatic heterocycles. The highest BCUT2D eigenvalue weighted by atomic mass is 35.5. The highest BCUT2D eigenvalue weighted by Gasteiger charge is 2.36. The van der Waals surface area contributed by atoms with Gasteiger partial charge in [-0.1, -0.05) is 93.3 Å². The Morgan fingerprint density at radius 1 is 0.419 bits per heavy atom. The van der Waals surface area contributed by atoms with Gasteiger partial charge in [0.05, 0.1) is 160 Å². The lowest BCUT2D eigenvalue weighted by Gasteiger charge is -2.38. The fourth-order valence-electron chi connectivity index (χ4n) is 16.7. The van der Waals surface area contributed by atoms with Crippen molar-refractivity contribution in [3.05, 3.63) is 222 Å². The lowest BCUT2D eigenvalue weighted by Crippen LogP contribution is -2.53. The van der Waals surface area contributed by atoms with E-state index in [1.165, 1.54) is 24.7 Å². The Balaban J connectivity index is 0.000000132. The Morgan fingerprint density at radius 2 is 0.765 bits per heavy atom. The van der Waals surface area contributed by atoms with Crippen molar-refractivity contribution in [3.63, 3.8) is 0 Å². The molecule has 0 saturated carbocycles. The molecule has 19 rings (SSSR count). The van der Waals surface area contributed by atoms with Gasteiger partial charge in [-0.2, -0.15) is 5.10 Å². The molecule has 15 heterocycles. The molecule has 0 aliphatic carbocycles. The summed E-state index contributed by atoms with van der Waals surface area (Å²) in [6.45, 7) is 14.6. The molecule has 136 heavy (non-hydrogen) atoms. The SMILES string of the molecule is CN(c1ccc2nc(-c3ccc(Cl)cc3Cl)c(CN3CCN(C(=O)C4COC4)CC3)n2c1)S(C)(=O)=O.COCC(=O)N1CCN(Cc2c(-c3ccc(Cl)cc3Cl)nc3ccc(NS(C)(=O)=O)cn23)CC1.CS(=O)(=O)Nc1ccc2nc(-c3ccc(Cl)cc3)c(CN3CCn4ncnc4C3)n2c1.CS(=O)(=O)Nc1ccc2nc(-c3ccc(Cl)cc3Cl)c(CN3CCN(C(=O)C4COC4)CC3)n2c1. The summed E-state index contributed by atoms with van der Waals surface area (Å²) in [6, 6.07) is 37.3. The fraction of sp³-hybridized carbons (Fsp3) is 0.360. The number of benzene rings is 4. The maximum atomic E-state index is 12.6. The number of pyridine rings is 4. The van der Waals surface area contributed by atoms with Gasteiger partial charge in [-0.25, -0.2) is 63.3 Å². The van der Waals surface area contributed by atoms with E-state index in [4.69, 9.17) is 115 Å². The normalized spacial score (nSPS) is 16.2. The molecule has 4 aromatic carbocycles. The molecular formula is C89H97Cl7N22O14S4. The Labute approximate surface area is 821 Å². The number of rotatable bonds is 24. The standard InChI is InChI=1S/C24H27Cl2N5O4S.C23H25Cl2N5O4S.C22H25Cl2N5O4S.C20H20ClN7O2S/c1-28(36(2,33)34)18-4-6-22-27-23(19-5-3-17(25)11-20(19)26)21(31(22)12-18)13-29-7-9-30(10-8-29)24(32)16-14-35-15-16;1-35(32,33)27-17-3-5-21-26-22(18-4-2-16(24)10-19(18)25)20(30(21)11-17)12-28-6-8-29(9-7-28)23(31)15-13-34-14-15;1-33-14-21(30)28-9-7-27(8-10-28)13-19-22(17-5-3-15(23)11-18(17)24)25-20-6-4-16(12-29(19)20)26-34(2,31)32;1-31(29,30)25-16-6-7-18-24-20(14-2-4-15(21)5-3-14)17(27(18)10-16)11-26-8-9-28-19(12-26)22-13-23-28/h3-6,11-12,16H,7-10,13-15H2,1-2H3;2-5,10-11,15,27H,6-9,12-14H2,1H3;3-6,11-12,26H,7-10,13-14H2,1-2H3;2-7,10,13,25H,8-9,11-12H2,1H3. The molecule has 3 amide bonds. The summed E-state index contributed by atoms with van der Waals surface area (Å²) in [5.74, 6) is 1.20. The Bertz CT molecular complexity index is 7170. The number of carbonyl (C=O) groups is 3. The summed E-state index contributed by atoms with van der Waals surface area (Å²) in [6.07, 6.45) is 13.1. The molecule has 9 aromatic heterocycles. The van der Waals surface area contributed by atoms with Crippen LogP contribution < -0.4 is 18.5 Å². The van der Waals surface area contributed by atoms with Crippen molar-refractivity contribution in [3.8, 4) is 45.0 Å². The topological polar surface area (TPSA) is 377 Å². The number of aromatic nitrogens is 11. The number of amides is 3. The molecule has 0 unspecified atom stereocenters. The van der Waals surface area contributed by atoms with Gasteiger partial charge >= 0.3 is 0 Å². The average Bonchev–Trinajstić information content (AvgIpc) is 1.64.